The maximum atomic E-state index is 13.1. The van der Waals surface area contributed by atoms with Crippen molar-refractivity contribution in [3.8, 4) is 0 Å². The molecule has 0 aliphatic heterocycles. The number of rotatable bonds is 5. The van der Waals surface area contributed by atoms with Gasteiger partial charge in [-0.1, -0.05) is 0 Å². The van der Waals surface area contributed by atoms with E-state index >= 15 is 0 Å². The van der Waals surface area contributed by atoms with E-state index < -0.39 is 17.9 Å². The van der Waals surface area contributed by atoms with Crippen LogP contribution in [-0.4, -0.2) is 45.9 Å². The molecule has 0 saturated heterocycles. The Morgan fingerprint density at radius 2 is 2.08 bits per heavy atom. The first kappa shape index (κ1) is 15.9. The quantitative estimate of drug-likeness (QED) is 0.898. The van der Waals surface area contributed by atoms with E-state index in [1.54, 1.807) is 6.07 Å². The van der Waals surface area contributed by atoms with Crippen molar-refractivity contribution in [2.75, 3.05) is 24.3 Å². The molecule has 2 aromatic heterocycles. The lowest BCUT2D eigenvalue weighted by atomic mass is 10.2. The molecule has 0 radical (unpaired) electrons. The lowest BCUT2D eigenvalue weighted by Gasteiger charge is -2.16. The first-order valence-corrected chi connectivity index (χ1v) is 8.14. The van der Waals surface area contributed by atoms with Crippen LogP contribution in [0.4, 0.5) is 20.3 Å². The van der Waals surface area contributed by atoms with Gasteiger partial charge >= 0.3 is 0 Å². The van der Waals surface area contributed by atoms with Crippen molar-refractivity contribution >= 4 is 17.4 Å². The van der Waals surface area contributed by atoms with E-state index in [1.165, 1.54) is 16.9 Å². The summed E-state index contributed by atoms with van der Waals surface area (Å²) in [5.41, 5.74) is 1.94. The molecule has 1 unspecified atom stereocenters. The van der Waals surface area contributed by atoms with Gasteiger partial charge in [-0.25, -0.2) is 8.78 Å². The highest BCUT2D eigenvalue weighted by Gasteiger charge is 2.59. The summed E-state index contributed by atoms with van der Waals surface area (Å²) in [6.07, 6.45) is 3.39. The molecule has 25 heavy (non-hydrogen) atoms. The molecule has 7 nitrogen and oxygen atoms in total. The van der Waals surface area contributed by atoms with E-state index in [0.29, 0.717) is 5.92 Å². The minimum Gasteiger partial charge on any atom is -0.376 e. The molecule has 2 saturated carbocycles. The fourth-order valence-electron chi connectivity index (χ4n) is 2.75. The van der Waals surface area contributed by atoms with E-state index in [-0.39, 0.29) is 17.9 Å². The van der Waals surface area contributed by atoms with E-state index in [2.05, 4.69) is 20.6 Å². The average Bonchev–Trinajstić information content (AvgIpc) is 3.46. The Hall–Kier alpha value is -2.58. The van der Waals surface area contributed by atoms with Gasteiger partial charge in [-0.15, -0.1) is 5.10 Å². The molecule has 0 bridgehead atoms. The van der Waals surface area contributed by atoms with Crippen LogP contribution < -0.4 is 10.2 Å². The predicted molar refractivity (Wildman–Crippen MR) is 87.1 cm³/mol. The second-order valence-corrected chi connectivity index (χ2v) is 6.78. The highest BCUT2D eigenvalue weighted by Crippen LogP contribution is 2.52. The summed E-state index contributed by atoms with van der Waals surface area (Å²) in [5, 5.41) is 14.8. The van der Waals surface area contributed by atoms with Gasteiger partial charge in [0.2, 0.25) is 0 Å². The second kappa shape index (κ2) is 5.47. The van der Waals surface area contributed by atoms with Gasteiger partial charge in [-0.2, -0.15) is 10.2 Å². The van der Waals surface area contributed by atoms with Gasteiger partial charge in [-0.05, 0) is 18.9 Å². The third-order valence-corrected chi connectivity index (χ3v) is 4.44. The topological polar surface area (TPSA) is 75.9 Å². The third kappa shape index (κ3) is 3.06. The largest absolute Gasteiger partial charge is 0.376 e. The molecule has 2 fully saturated rings. The smallest absolute Gasteiger partial charge is 0.277 e. The van der Waals surface area contributed by atoms with Gasteiger partial charge in [0, 0.05) is 38.7 Å². The maximum Gasteiger partial charge on any atom is 0.277 e. The maximum absolute atomic E-state index is 13.1. The normalized spacial score (nSPS) is 21.0. The first-order valence-electron chi connectivity index (χ1n) is 8.14. The lowest BCUT2D eigenvalue weighted by Crippen LogP contribution is -2.19. The fraction of sp³-hybridized carbons (Fsp3) is 0.500. The number of carbonyl (C=O) groups is 1. The Labute approximate surface area is 143 Å². The van der Waals surface area contributed by atoms with Crippen LogP contribution in [-0.2, 0) is 0 Å². The minimum atomic E-state index is -2.71. The minimum absolute atomic E-state index is 0.166. The zero-order valence-corrected chi connectivity index (χ0v) is 13.9. The SMILES string of the molecule is CN(C)c1cc(C(=O)Nc2ccn(C3CC3(F)F)n2)nnc1C1CC1. The highest BCUT2D eigenvalue weighted by molar-refractivity contribution is 6.02. The van der Waals surface area contributed by atoms with E-state index in [9.17, 15) is 13.6 Å². The van der Waals surface area contributed by atoms with Crippen LogP contribution in [0.15, 0.2) is 18.3 Å². The number of hydrogen-bond acceptors (Lipinski definition) is 5. The average molecular weight is 348 g/mol. The van der Waals surface area contributed by atoms with Crippen molar-refractivity contribution in [3.63, 3.8) is 0 Å². The summed E-state index contributed by atoms with van der Waals surface area (Å²) in [7, 11) is 3.78. The number of anilines is 2. The van der Waals surface area contributed by atoms with Crippen LogP contribution in [0.25, 0.3) is 0 Å². The van der Waals surface area contributed by atoms with Crippen LogP contribution in [0.2, 0.25) is 0 Å². The van der Waals surface area contributed by atoms with Crippen molar-refractivity contribution in [1.82, 2.24) is 20.0 Å². The van der Waals surface area contributed by atoms with Gasteiger partial charge in [0.1, 0.15) is 6.04 Å². The summed E-state index contributed by atoms with van der Waals surface area (Å²) in [6.45, 7) is 0. The summed E-state index contributed by atoms with van der Waals surface area (Å²) >= 11 is 0. The van der Waals surface area contributed by atoms with Crippen molar-refractivity contribution in [2.24, 2.45) is 0 Å². The van der Waals surface area contributed by atoms with Gasteiger partial charge in [-0.3, -0.25) is 9.48 Å². The first-order chi connectivity index (χ1) is 11.8. The second-order valence-electron chi connectivity index (χ2n) is 6.78. The molecule has 1 amide bonds. The van der Waals surface area contributed by atoms with Gasteiger partial charge in [0.05, 0.1) is 11.4 Å². The molecule has 2 heterocycles. The molecule has 0 spiro atoms. The number of carbonyl (C=O) groups excluding carboxylic acids is 1. The third-order valence-electron chi connectivity index (χ3n) is 4.44. The van der Waals surface area contributed by atoms with Crippen LogP contribution >= 0.6 is 0 Å². The molecule has 132 valence electrons. The Balaban J connectivity index is 1.50. The molecule has 1 N–H and O–H groups in total. The fourth-order valence-corrected chi connectivity index (χ4v) is 2.75. The highest BCUT2D eigenvalue weighted by atomic mass is 19.3. The van der Waals surface area contributed by atoms with Crippen molar-refractivity contribution < 1.29 is 13.6 Å². The van der Waals surface area contributed by atoms with Gasteiger partial charge < -0.3 is 10.2 Å². The summed E-state index contributed by atoms with van der Waals surface area (Å²) in [5.74, 6) is -2.55. The van der Waals surface area contributed by atoms with Gasteiger partial charge in [0.25, 0.3) is 11.8 Å². The summed E-state index contributed by atoms with van der Waals surface area (Å²) in [6, 6.07) is 2.27. The molecule has 4 rings (SSSR count). The van der Waals surface area contributed by atoms with E-state index in [1.807, 2.05) is 19.0 Å². The monoisotopic (exact) mass is 348 g/mol. The standard InChI is InChI=1S/C16H18F2N6O/c1-23(2)11-7-10(20-21-14(11)9-3-4-9)15(25)19-13-5-6-24(22-13)12-8-16(12,17)18/h5-7,9,12H,3-4,8H2,1-2H3,(H,19,22,25). The Morgan fingerprint density at radius 3 is 2.68 bits per heavy atom. The summed E-state index contributed by atoms with van der Waals surface area (Å²) in [4.78, 5) is 14.3. The van der Waals surface area contributed by atoms with Crippen molar-refractivity contribution in [1.29, 1.82) is 0 Å². The zero-order chi connectivity index (χ0) is 17.8. The number of nitrogens with zero attached hydrogens (tertiary/aromatic N) is 5. The van der Waals surface area contributed by atoms with Crippen LogP contribution in [0.1, 0.15) is 47.4 Å². The molecule has 9 heteroatoms. The van der Waals surface area contributed by atoms with Crippen molar-refractivity contribution in [3.05, 3.63) is 29.7 Å². The number of alkyl halides is 2. The number of nitrogens with one attached hydrogen (secondary N) is 1. The van der Waals surface area contributed by atoms with Crippen molar-refractivity contribution in [2.45, 2.75) is 37.1 Å². The number of amides is 1. The molecular formula is C16H18F2N6O. The number of halogens is 2. The molecule has 2 aliphatic rings. The van der Waals surface area contributed by atoms with Crippen LogP contribution in [0, 0.1) is 0 Å². The molecule has 2 aliphatic carbocycles. The van der Waals surface area contributed by atoms with E-state index in [0.717, 1.165) is 24.2 Å². The Kier molecular flexibility index (Phi) is 3.48. The number of aromatic nitrogens is 4. The lowest BCUT2D eigenvalue weighted by molar-refractivity contribution is 0.0984. The predicted octanol–water partition coefficient (Wildman–Crippen LogP) is 2.45. The van der Waals surface area contributed by atoms with Crippen LogP contribution in [0.5, 0.6) is 0 Å². The van der Waals surface area contributed by atoms with Crippen LogP contribution in [0.3, 0.4) is 0 Å². The Bertz CT molecular complexity index is 830. The van der Waals surface area contributed by atoms with E-state index in [4.69, 9.17) is 0 Å². The van der Waals surface area contributed by atoms with Gasteiger partial charge in [0.15, 0.2) is 11.5 Å². The molecular weight excluding hydrogens is 330 g/mol. The number of hydrogen-bond donors (Lipinski definition) is 1. The zero-order valence-electron chi connectivity index (χ0n) is 13.9. The molecule has 2 aromatic rings. The Morgan fingerprint density at radius 1 is 1.36 bits per heavy atom. The molecule has 1 atom stereocenters. The molecule has 0 aromatic carbocycles. The summed E-state index contributed by atoms with van der Waals surface area (Å²) < 4.78 is 27.3.